The Morgan fingerprint density at radius 3 is 2.65 bits per heavy atom. The van der Waals surface area contributed by atoms with E-state index < -0.39 is 0 Å². The standard InChI is InChI=1S/C17H29N3/c1-4-18-11-9-15-7-5-6-8-16(15)13-20-12-10-17(14-20)19(2)3/h5-8,17-18H,4,9-14H2,1-3H3. The summed E-state index contributed by atoms with van der Waals surface area (Å²) in [7, 11) is 4.39. The molecule has 0 aromatic heterocycles. The van der Waals surface area contributed by atoms with E-state index in [2.05, 4.69) is 60.4 Å². The van der Waals surface area contributed by atoms with Gasteiger partial charge in [0.2, 0.25) is 0 Å². The van der Waals surface area contributed by atoms with E-state index >= 15 is 0 Å². The van der Waals surface area contributed by atoms with Crippen LogP contribution in [0.4, 0.5) is 0 Å². The van der Waals surface area contributed by atoms with Crippen molar-refractivity contribution in [1.29, 1.82) is 0 Å². The van der Waals surface area contributed by atoms with Crippen LogP contribution in [0.5, 0.6) is 0 Å². The van der Waals surface area contributed by atoms with E-state index in [1.54, 1.807) is 0 Å². The highest BCUT2D eigenvalue weighted by Gasteiger charge is 2.24. The maximum absolute atomic E-state index is 3.42. The summed E-state index contributed by atoms with van der Waals surface area (Å²) in [6, 6.07) is 9.64. The van der Waals surface area contributed by atoms with Crippen LogP contribution >= 0.6 is 0 Å². The van der Waals surface area contributed by atoms with Gasteiger partial charge in [0.15, 0.2) is 0 Å². The van der Waals surface area contributed by atoms with Gasteiger partial charge in [-0.2, -0.15) is 0 Å². The van der Waals surface area contributed by atoms with Gasteiger partial charge in [-0.1, -0.05) is 31.2 Å². The second kappa shape index (κ2) is 7.77. The monoisotopic (exact) mass is 275 g/mol. The van der Waals surface area contributed by atoms with Gasteiger partial charge in [0.05, 0.1) is 0 Å². The van der Waals surface area contributed by atoms with Gasteiger partial charge in [0.25, 0.3) is 0 Å². The first kappa shape index (κ1) is 15.5. The van der Waals surface area contributed by atoms with Crippen molar-refractivity contribution in [3.8, 4) is 0 Å². The molecule has 20 heavy (non-hydrogen) atoms. The fraction of sp³-hybridized carbons (Fsp3) is 0.647. The quantitative estimate of drug-likeness (QED) is 0.768. The predicted molar refractivity (Wildman–Crippen MR) is 86.1 cm³/mol. The van der Waals surface area contributed by atoms with Gasteiger partial charge in [-0.05, 0) is 51.2 Å². The fourth-order valence-electron chi connectivity index (χ4n) is 2.97. The van der Waals surface area contributed by atoms with Crippen LogP contribution in [0.3, 0.4) is 0 Å². The van der Waals surface area contributed by atoms with E-state index in [9.17, 15) is 0 Å². The highest BCUT2D eigenvalue weighted by Crippen LogP contribution is 2.18. The number of benzene rings is 1. The molecule has 0 radical (unpaired) electrons. The highest BCUT2D eigenvalue weighted by molar-refractivity contribution is 5.27. The van der Waals surface area contributed by atoms with Gasteiger partial charge in [-0.3, -0.25) is 4.90 Å². The molecule has 0 spiro atoms. The molecule has 1 fully saturated rings. The molecular formula is C17H29N3. The van der Waals surface area contributed by atoms with Crippen LogP contribution in [0.25, 0.3) is 0 Å². The van der Waals surface area contributed by atoms with Crippen molar-refractivity contribution >= 4 is 0 Å². The van der Waals surface area contributed by atoms with E-state index in [-0.39, 0.29) is 0 Å². The second-order valence-electron chi connectivity index (χ2n) is 6.01. The first-order valence-electron chi connectivity index (χ1n) is 7.87. The lowest BCUT2D eigenvalue weighted by Crippen LogP contribution is -2.31. The molecule has 0 aliphatic carbocycles. The zero-order chi connectivity index (χ0) is 14.4. The molecule has 1 aliphatic rings. The molecule has 1 unspecified atom stereocenters. The molecule has 1 aliphatic heterocycles. The third kappa shape index (κ3) is 4.30. The lowest BCUT2D eigenvalue weighted by molar-refractivity contribution is 0.264. The number of nitrogens with one attached hydrogen (secondary N) is 1. The molecule has 0 amide bonds. The zero-order valence-electron chi connectivity index (χ0n) is 13.2. The highest BCUT2D eigenvalue weighted by atomic mass is 15.2. The van der Waals surface area contributed by atoms with E-state index in [4.69, 9.17) is 0 Å². The van der Waals surface area contributed by atoms with Gasteiger partial charge in [-0.25, -0.2) is 0 Å². The molecule has 1 aromatic carbocycles. The summed E-state index contributed by atoms with van der Waals surface area (Å²) < 4.78 is 0. The van der Waals surface area contributed by atoms with Crippen molar-refractivity contribution in [2.45, 2.75) is 32.4 Å². The average Bonchev–Trinajstić information content (AvgIpc) is 2.90. The number of nitrogens with zero attached hydrogens (tertiary/aromatic N) is 2. The number of likely N-dealkylation sites (tertiary alicyclic amines) is 1. The number of hydrogen-bond donors (Lipinski definition) is 1. The van der Waals surface area contributed by atoms with Gasteiger partial charge >= 0.3 is 0 Å². The smallest absolute Gasteiger partial charge is 0.0237 e. The minimum absolute atomic E-state index is 0.726. The first-order valence-corrected chi connectivity index (χ1v) is 7.87. The normalized spacial score (nSPS) is 19.9. The average molecular weight is 275 g/mol. The molecule has 3 heteroatoms. The van der Waals surface area contributed by atoms with E-state index in [1.807, 2.05) is 0 Å². The number of hydrogen-bond acceptors (Lipinski definition) is 3. The topological polar surface area (TPSA) is 18.5 Å². The van der Waals surface area contributed by atoms with Crippen molar-refractivity contribution in [1.82, 2.24) is 15.1 Å². The van der Waals surface area contributed by atoms with Crippen molar-refractivity contribution in [2.75, 3.05) is 40.3 Å². The maximum atomic E-state index is 3.42. The van der Waals surface area contributed by atoms with Gasteiger partial charge in [0.1, 0.15) is 0 Å². The SMILES string of the molecule is CCNCCc1ccccc1CN1CCC(N(C)C)C1. The molecule has 1 heterocycles. The molecule has 1 saturated heterocycles. The Balaban J connectivity index is 1.92. The Labute approximate surface area is 124 Å². The summed E-state index contributed by atoms with van der Waals surface area (Å²) in [4.78, 5) is 4.95. The molecule has 0 bridgehead atoms. The summed E-state index contributed by atoms with van der Waals surface area (Å²) in [6.07, 6.45) is 2.43. The third-order valence-electron chi connectivity index (χ3n) is 4.31. The van der Waals surface area contributed by atoms with Crippen LogP contribution in [0.15, 0.2) is 24.3 Å². The van der Waals surface area contributed by atoms with Crippen molar-refractivity contribution in [3.05, 3.63) is 35.4 Å². The molecule has 3 nitrogen and oxygen atoms in total. The Bertz CT molecular complexity index is 403. The summed E-state index contributed by atoms with van der Waals surface area (Å²) in [6.45, 7) is 7.83. The largest absolute Gasteiger partial charge is 0.317 e. The molecule has 1 N–H and O–H groups in total. The fourth-order valence-corrected chi connectivity index (χ4v) is 2.97. The van der Waals surface area contributed by atoms with Crippen LogP contribution < -0.4 is 5.32 Å². The minimum Gasteiger partial charge on any atom is -0.317 e. The van der Waals surface area contributed by atoms with E-state index in [1.165, 1.54) is 30.6 Å². The van der Waals surface area contributed by atoms with Crippen molar-refractivity contribution in [3.63, 3.8) is 0 Å². The van der Waals surface area contributed by atoms with Gasteiger partial charge in [-0.15, -0.1) is 0 Å². The Kier molecular flexibility index (Phi) is 6.02. The minimum atomic E-state index is 0.726. The molecule has 0 saturated carbocycles. The molecular weight excluding hydrogens is 246 g/mol. The molecule has 112 valence electrons. The molecule has 1 atom stereocenters. The van der Waals surface area contributed by atoms with Crippen LogP contribution in [-0.2, 0) is 13.0 Å². The lowest BCUT2D eigenvalue weighted by Gasteiger charge is -2.21. The van der Waals surface area contributed by atoms with Crippen LogP contribution in [0, 0.1) is 0 Å². The molecule has 2 rings (SSSR count). The van der Waals surface area contributed by atoms with E-state index in [0.29, 0.717) is 0 Å². The lowest BCUT2D eigenvalue weighted by atomic mass is 10.0. The van der Waals surface area contributed by atoms with E-state index in [0.717, 1.165) is 32.1 Å². The Morgan fingerprint density at radius 2 is 2.00 bits per heavy atom. The maximum Gasteiger partial charge on any atom is 0.0237 e. The van der Waals surface area contributed by atoms with Crippen LogP contribution in [0.2, 0.25) is 0 Å². The van der Waals surface area contributed by atoms with Crippen LogP contribution in [0.1, 0.15) is 24.5 Å². The number of likely N-dealkylation sites (N-methyl/N-ethyl adjacent to an activating group) is 2. The third-order valence-corrected chi connectivity index (χ3v) is 4.31. The number of rotatable bonds is 7. The van der Waals surface area contributed by atoms with Gasteiger partial charge < -0.3 is 10.2 Å². The van der Waals surface area contributed by atoms with Crippen molar-refractivity contribution in [2.24, 2.45) is 0 Å². The summed E-state index contributed by atoms with van der Waals surface area (Å²) in [5.74, 6) is 0. The Hall–Kier alpha value is -0.900. The Morgan fingerprint density at radius 1 is 1.25 bits per heavy atom. The van der Waals surface area contributed by atoms with Crippen LogP contribution in [-0.4, -0.2) is 56.1 Å². The second-order valence-corrected chi connectivity index (χ2v) is 6.01. The summed E-state index contributed by atoms with van der Waals surface area (Å²) in [5.41, 5.74) is 3.01. The molecule has 1 aromatic rings. The summed E-state index contributed by atoms with van der Waals surface area (Å²) >= 11 is 0. The van der Waals surface area contributed by atoms with Gasteiger partial charge in [0, 0.05) is 25.7 Å². The predicted octanol–water partition coefficient (Wildman–Crippen LogP) is 1.97. The van der Waals surface area contributed by atoms with Crippen molar-refractivity contribution < 1.29 is 0 Å². The zero-order valence-corrected chi connectivity index (χ0v) is 13.2. The first-order chi connectivity index (χ1) is 9.70. The summed E-state index contributed by atoms with van der Waals surface area (Å²) in [5, 5.41) is 3.42.